The lowest BCUT2D eigenvalue weighted by Crippen LogP contribution is -1.98. The first-order valence-electron chi connectivity index (χ1n) is 8.99. The van der Waals surface area contributed by atoms with Crippen LogP contribution in [0.4, 0.5) is 0 Å². The normalized spacial score (nSPS) is 14.1. The third-order valence-electron chi connectivity index (χ3n) is 4.47. The molecule has 0 fully saturated rings. The highest BCUT2D eigenvalue weighted by Crippen LogP contribution is 2.49. The number of aromatic nitrogens is 3. The van der Waals surface area contributed by atoms with Crippen molar-refractivity contribution in [3.63, 3.8) is 0 Å². The van der Waals surface area contributed by atoms with Crippen LogP contribution in [-0.2, 0) is 4.57 Å². The Labute approximate surface area is 177 Å². The first kappa shape index (κ1) is 20.8. The summed E-state index contributed by atoms with van der Waals surface area (Å²) in [6.07, 6.45) is 0. The Balaban J connectivity index is 1.86. The van der Waals surface area contributed by atoms with E-state index in [1.54, 1.807) is 18.2 Å². The molecule has 1 atom stereocenters. The van der Waals surface area contributed by atoms with Gasteiger partial charge in [0.25, 0.3) is 0 Å². The fraction of sp³-hybridized carbons (Fsp3) is 0.263. The second kappa shape index (κ2) is 8.01. The molecule has 0 saturated carbocycles. The number of methoxy groups -OCH3 is 3. The molecule has 0 amide bonds. The number of hydrogen-bond donors (Lipinski definition) is 2. The first-order chi connectivity index (χ1) is 14.8. The van der Waals surface area contributed by atoms with Crippen LogP contribution in [0.3, 0.4) is 0 Å². The number of rotatable bonds is 7. The van der Waals surface area contributed by atoms with Crippen LogP contribution in [0.1, 0.15) is 0 Å². The number of benzene rings is 2. The van der Waals surface area contributed by atoms with Gasteiger partial charge in [-0.05, 0) is 24.3 Å². The van der Waals surface area contributed by atoms with Gasteiger partial charge in [-0.15, -0.1) is 0 Å². The van der Waals surface area contributed by atoms with Crippen LogP contribution in [0.15, 0.2) is 24.3 Å². The van der Waals surface area contributed by atoms with E-state index in [-0.39, 0.29) is 18.3 Å². The van der Waals surface area contributed by atoms with Gasteiger partial charge in [0, 0.05) is 17.8 Å². The Kier molecular flexibility index (Phi) is 5.38. The zero-order valence-electron chi connectivity index (χ0n) is 17.2. The number of ether oxygens (including phenoxy) is 5. The van der Waals surface area contributed by atoms with Crippen LogP contribution in [0, 0.1) is 0 Å². The zero-order valence-corrected chi connectivity index (χ0v) is 18.1. The summed E-state index contributed by atoms with van der Waals surface area (Å²) in [6, 6.07) is 6.70. The van der Waals surface area contributed by atoms with E-state index in [0.717, 1.165) is 6.66 Å². The van der Waals surface area contributed by atoms with Crippen molar-refractivity contribution in [3.8, 4) is 57.0 Å². The van der Waals surface area contributed by atoms with Gasteiger partial charge in [0.15, 0.2) is 23.0 Å². The third-order valence-corrected chi connectivity index (χ3v) is 5.00. The second-order valence-corrected chi connectivity index (χ2v) is 8.33. The standard InChI is InChI=1S/C19H20N3O8P/c1-25-12-5-11(8-15(18(12)27-3)30-31(4,23)24)17-16(20-22-21-17)10-6-13(26-2)19-14(7-10)28-9-29-19/h5-8H,9H2,1-4H3,(H,23,24)(H,20,21,22). The van der Waals surface area contributed by atoms with Gasteiger partial charge in [-0.2, -0.15) is 15.4 Å². The van der Waals surface area contributed by atoms with Crippen molar-refractivity contribution in [2.45, 2.75) is 0 Å². The molecule has 1 aliphatic rings. The van der Waals surface area contributed by atoms with E-state index >= 15 is 0 Å². The number of hydrogen-bond acceptors (Lipinski definition) is 9. The zero-order chi connectivity index (χ0) is 22.2. The van der Waals surface area contributed by atoms with E-state index in [9.17, 15) is 9.46 Å². The lowest BCUT2D eigenvalue weighted by Gasteiger charge is -2.16. The van der Waals surface area contributed by atoms with Crippen molar-refractivity contribution >= 4 is 7.60 Å². The van der Waals surface area contributed by atoms with Gasteiger partial charge in [0.2, 0.25) is 18.3 Å². The Morgan fingerprint density at radius 2 is 1.55 bits per heavy atom. The molecule has 0 spiro atoms. The smallest absolute Gasteiger partial charge is 0.373 e. The summed E-state index contributed by atoms with van der Waals surface area (Å²) < 4.78 is 44.1. The van der Waals surface area contributed by atoms with Gasteiger partial charge in [-0.3, -0.25) is 0 Å². The van der Waals surface area contributed by atoms with Crippen LogP contribution in [0.5, 0.6) is 34.5 Å². The van der Waals surface area contributed by atoms with Crippen LogP contribution >= 0.6 is 7.60 Å². The summed E-state index contributed by atoms with van der Waals surface area (Å²) in [7, 11) is 0.510. The molecular weight excluding hydrogens is 429 g/mol. The molecule has 1 unspecified atom stereocenters. The lowest BCUT2D eigenvalue weighted by atomic mass is 10.0. The molecule has 2 aromatic carbocycles. The largest absolute Gasteiger partial charge is 0.493 e. The first-order valence-corrected chi connectivity index (χ1v) is 11.0. The maximum absolute atomic E-state index is 11.9. The summed E-state index contributed by atoms with van der Waals surface area (Å²) in [6.45, 7) is 1.17. The molecule has 1 aliphatic heterocycles. The Morgan fingerprint density at radius 1 is 0.935 bits per heavy atom. The van der Waals surface area contributed by atoms with Crippen molar-refractivity contribution < 1.29 is 37.7 Å². The molecule has 4 rings (SSSR count). The van der Waals surface area contributed by atoms with Crippen molar-refractivity contribution in [2.24, 2.45) is 0 Å². The molecule has 1 aromatic heterocycles. The maximum Gasteiger partial charge on any atom is 0.373 e. The van der Waals surface area contributed by atoms with E-state index < -0.39 is 7.60 Å². The SMILES string of the molecule is COc1cc(-c2n[nH]nc2-c2cc(OC)c3c(c2)OCO3)cc(OP(C)(=O)O)c1OC. The van der Waals surface area contributed by atoms with Crippen molar-refractivity contribution in [3.05, 3.63) is 24.3 Å². The fourth-order valence-corrected chi connectivity index (χ4v) is 3.72. The number of aromatic amines is 1. The minimum Gasteiger partial charge on any atom is -0.493 e. The van der Waals surface area contributed by atoms with Crippen molar-refractivity contribution in [1.29, 1.82) is 0 Å². The van der Waals surface area contributed by atoms with E-state index in [2.05, 4.69) is 15.4 Å². The van der Waals surface area contributed by atoms with Gasteiger partial charge >= 0.3 is 7.60 Å². The van der Waals surface area contributed by atoms with Crippen molar-refractivity contribution in [1.82, 2.24) is 15.4 Å². The highest BCUT2D eigenvalue weighted by Gasteiger charge is 2.25. The minimum absolute atomic E-state index is 0.0300. The van der Waals surface area contributed by atoms with E-state index in [4.69, 9.17) is 28.2 Å². The molecule has 0 bridgehead atoms. The molecular formula is C19H20N3O8P. The predicted molar refractivity (Wildman–Crippen MR) is 109 cm³/mol. The lowest BCUT2D eigenvalue weighted by molar-refractivity contribution is 0.171. The molecule has 11 nitrogen and oxygen atoms in total. The number of nitrogens with one attached hydrogen (secondary N) is 1. The summed E-state index contributed by atoms with van der Waals surface area (Å²) in [5.41, 5.74) is 2.10. The van der Waals surface area contributed by atoms with Crippen LogP contribution in [0.2, 0.25) is 0 Å². The third kappa shape index (κ3) is 3.97. The Hall–Kier alpha value is -3.43. The quantitative estimate of drug-likeness (QED) is 0.518. The van der Waals surface area contributed by atoms with Gasteiger partial charge in [0.05, 0.1) is 21.3 Å². The molecule has 3 aromatic rings. The summed E-state index contributed by atoms with van der Waals surface area (Å²) in [5, 5.41) is 11.1. The molecule has 0 saturated heterocycles. The number of nitrogens with zero attached hydrogens (tertiary/aromatic N) is 2. The molecule has 12 heteroatoms. The topological polar surface area (TPSA) is 134 Å². The number of fused-ring (bicyclic) bond motifs is 1. The van der Waals surface area contributed by atoms with E-state index in [1.165, 1.54) is 27.4 Å². The second-order valence-electron chi connectivity index (χ2n) is 6.54. The summed E-state index contributed by atoms with van der Waals surface area (Å²) in [4.78, 5) is 9.72. The highest BCUT2D eigenvalue weighted by atomic mass is 31.2. The van der Waals surface area contributed by atoms with Crippen LogP contribution in [-0.4, -0.2) is 55.1 Å². The fourth-order valence-electron chi connectivity index (χ4n) is 3.22. The molecule has 2 N–H and O–H groups in total. The summed E-state index contributed by atoms with van der Waals surface area (Å²) >= 11 is 0. The van der Waals surface area contributed by atoms with Crippen LogP contribution < -0.4 is 28.2 Å². The average Bonchev–Trinajstić information content (AvgIpc) is 3.40. The predicted octanol–water partition coefficient (Wildman–Crippen LogP) is 3.09. The maximum atomic E-state index is 11.9. The van der Waals surface area contributed by atoms with Gasteiger partial charge in [0.1, 0.15) is 11.4 Å². The van der Waals surface area contributed by atoms with E-state index in [1.807, 2.05) is 0 Å². The van der Waals surface area contributed by atoms with Crippen LogP contribution in [0.25, 0.3) is 22.5 Å². The molecule has 0 radical (unpaired) electrons. The van der Waals surface area contributed by atoms with Gasteiger partial charge < -0.3 is 33.1 Å². The highest BCUT2D eigenvalue weighted by molar-refractivity contribution is 7.52. The monoisotopic (exact) mass is 449 g/mol. The Bertz CT molecular complexity index is 1170. The average molecular weight is 449 g/mol. The van der Waals surface area contributed by atoms with Gasteiger partial charge in [-0.25, -0.2) is 4.57 Å². The summed E-state index contributed by atoms with van der Waals surface area (Å²) in [5.74, 6) is 2.02. The Morgan fingerprint density at radius 3 is 2.16 bits per heavy atom. The number of H-pyrrole nitrogens is 1. The molecule has 164 valence electrons. The van der Waals surface area contributed by atoms with Gasteiger partial charge in [-0.1, -0.05) is 0 Å². The molecule has 31 heavy (non-hydrogen) atoms. The minimum atomic E-state index is -3.87. The molecule has 2 heterocycles. The van der Waals surface area contributed by atoms with Crippen molar-refractivity contribution in [2.75, 3.05) is 34.8 Å². The van der Waals surface area contributed by atoms with E-state index in [0.29, 0.717) is 45.5 Å². The molecule has 0 aliphatic carbocycles.